The van der Waals surface area contributed by atoms with Gasteiger partial charge in [0.05, 0.1) is 28.3 Å². The zero-order chi connectivity index (χ0) is 26.4. The third-order valence-electron chi connectivity index (χ3n) is 5.54. The van der Waals surface area contributed by atoms with Gasteiger partial charge < -0.3 is 21.5 Å². The second kappa shape index (κ2) is 12.1. The van der Waals surface area contributed by atoms with Crippen LogP contribution < -0.4 is 26.2 Å². The fourth-order valence-electron chi connectivity index (χ4n) is 3.72. The number of methoxy groups -OCH3 is 1. The van der Waals surface area contributed by atoms with E-state index >= 15 is 0 Å². The van der Waals surface area contributed by atoms with Gasteiger partial charge in [0.2, 0.25) is 5.91 Å². The summed E-state index contributed by atoms with van der Waals surface area (Å²) < 4.78 is 23.0. The Balaban J connectivity index is 1.64. The van der Waals surface area contributed by atoms with Crippen molar-refractivity contribution in [2.75, 3.05) is 19.0 Å². The van der Waals surface area contributed by atoms with Crippen molar-refractivity contribution >= 4 is 50.0 Å². The number of hydrogen-bond acceptors (Lipinski definition) is 7. The first kappa shape index (κ1) is 26.4. The van der Waals surface area contributed by atoms with E-state index in [1.54, 1.807) is 37.4 Å². The van der Waals surface area contributed by atoms with Crippen LogP contribution in [-0.4, -0.2) is 34.6 Å². The summed E-state index contributed by atoms with van der Waals surface area (Å²) in [5.41, 5.74) is 14.0. The molecule has 0 aliphatic carbocycles. The molecular formula is C26H28N6O3S2. The Labute approximate surface area is 221 Å². The molecule has 3 aromatic carbocycles. The molecule has 7 N–H and O–H groups in total. The maximum Gasteiger partial charge on any atom is 0.225 e. The van der Waals surface area contributed by atoms with Crippen LogP contribution >= 0.6 is 11.3 Å². The van der Waals surface area contributed by atoms with E-state index in [9.17, 15) is 9.00 Å². The Morgan fingerprint density at radius 1 is 1.16 bits per heavy atom. The summed E-state index contributed by atoms with van der Waals surface area (Å²) in [5.74, 6) is 0.514. The van der Waals surface area contributed by atoms with Crippen LogP contribution in [0.4, 0.5) is 5.69 Å². The highest BCUT2D eigenvalue weighted by Crippen LogP contribution is 2.31. The van der Waals surface area contributed by atoms with Gasteiger partial charge in [-0.15, -0.1) is 11.3 Å². The molecule has 0 spiro atoms. The third kappa shape index (κ3) is 6.77. The predicted molar refractivity (Wildman–Crippen MR) is 148 cm³/mol. The van der Waals surface area contributed by atoms with Gasteiger partial charge in [-0.2, -0.15) is 0 Å². The summed E-state index contributed by atoms with van der Waals surface area (Å²) in [4.78, 5) is 17.3. The molecule has 0 saturated heterocycles. The summed E-state index contributed by atoms with van der Waals surface area (Å²) in [6.07, 6.45) is 0.673. The van der Waals surface area contributed by atoms with Gasteiger partial charge in [-0.25, -0.2) is 13.9 Å². The number of nitrogens with one attached hydrogen (secondary N) is 3. The van der Waals surface area contributed by atoms with Gasteiger partial charge in [0.1, 0.15) is 27.6 Å². The number of rotatable bonds is 11. The third-order valence-corrected chi connectivity index (χ3v) is 7.85. The molecule has 1 unspecified atom stereocenters. The average molecular weight is 537 g/mol. The number of nitrogens with zero attached hydrogens (tertiary/aromatic N) is 1. The highest BCUT2D eigenvalue weighted by atomic mass is 32.2. The summed E-state index contributed by atoms with van der Waals surface area (Å²) in [6, 6.07) is 19.6. The van der Waals surface area contributed by atoms with E-state index < -0.39 is 17.0 Å². The average Bonchev–Trinajstić information content (AvgIpc) is 3.32. The minimum Gasteiger partial charge on any atom is -0.497 e. The minimum atomic E-state index is -1.61. The lowest BCUT2D eigenvalue weighted by Gasteiger charge is -2.17. The number of ether oxygens (including phenoxy) is 1. The van der Waals surface area contributed by atoms with E-state index in [-0.39, 0.29) is 24.7 Å². The van der Waals surface area contributed by atoms with Crippen molar-refractivity contribution in [3.63, 3.8) is 0 Å². The fraction of sp³-hybridized carbons (Fsp3) is 0.192. The van der Waals surface area contributed by atoms with Gasteiger partial charge in [0.15, 0.2) is 0 Å². The van der Waals surface area contributed by atoms with E-state index in [0.29, 0.717) is 22.6 Å². The fourth-order valence-corrected chi connectivity index (χ4v) is 5.87. The quantitative estimate of drug-likeness (QED) is 0.146. The number of nitrogen functional groups attached to an aromatic ring is 1. The van der Waals surface area contributed by atoms with Crippen molar-refractivity contribution in [3.05, 3.63) is 82.9 Å². The smallest absolute Gasteiger partial charge is 0.225 e. The normalized spacial score (nSPS) is 12.7. The number of nitrogens with two attached hydrogens (primary N) is 2. The Morgan fingerprint density at radius 3 is 2.73 bits per heavy atom. The summed E-state index contributed by atoms with van der Waals surface area (Å²) in [6.45, 7) is 0.250. The number of hydrogen-bond donors (Lipinski definition) is 5. The number of benzene rings is 3. The number of aromatic nitrogens is 1. The number of thiazole rings is 1. The number of amidine groups is 1. The highest BCUT2D eigenvalue weighted by Gasteiger charge is 2.21. The van der Waals surface area contributed by atoms with Gasteiger partial charge >= 0.3 is 0 Å². The molecule has 0 radical (unpaired) electrons. The monoisotopic (exact) mass is 536 g/mol. The molecule has 1 amide bonds. The Morgan fingerprint density at radius 2 is 1.97 bits per heavy atom. The molecule has 0 aliphatic heterocycles. The maximum atomic E-state index is 13.4. The van der Waals surface area contributed by atoms with Crippen molar-refractivity contribution in [1.29, 1.82) is 5.41 Å². The van der Waals surface area contributed by atoms with Crippen LogP contribution in [0.3, 0.4) is 0 Å². The number of anilines is 1. The van der Waals surface area contributed by atoms with E-state index in [4.69, 9.17) is 26.6 Å². The maximum absolute atomic E-state index is 13.4. The second-order valence-electron chi connectivity index (χ2n) is 8.26. The van der Waals surface area contributed by atoms with Crippen molar-refractivity contribution in [1.82, 2.24) is 9.71 Å². The number of fused-ring (bicyclic) bond motifs is 1. The Bertz CT molecular complexity index is 1460. The zero-order valence-electron chi connectivity index (χ0n) is 20.2. The molecule has 11 heteroatoms. The van der Waals surface area contributed by atoms with Crippen LogP contribution in [0.15, 0.2) is 71.6 Å². The zero-order valence-corrected chi connectivity index (χ0v) is 21.8. The van der Waals surface area contributed by atoms with Crippen LogP contribution in [0.2, 0.25) is 0 Å². The van der Waals surface area contributed by atoms with Crippen molar-refractivity contribution in [3.8, 4) is 5.75 Å². The van der Waals surface area contributed by atoms with Crippen LogP contribution in [0.5, 0.6) is 5.75 Å². The van der Waals surface area contributed by atoms with Crippen LogP contribution in [0.1, 0.15) is 28.6 Å². The largest absolute Gasteiger partial charge is 0.497 e. The second-order valence-corrected chi connectivity index (χ2v) is 10.6. The SMILES string of the molecule is COc1ccc2nc([C@@H](Cc3cccc(C(=N)N)c3)NS(=O)c3cccc(NC(=O)CCN)c3)sc2c1. The first-order valence-corrected chi connectivity index (χ1v) is 13.5. The number of amides is 1. The Hall–Kier alpha value is -3.64. The molecule has 1 aromatic heterocycles. The minimum absolute atomic E-state index is 0.0180. The van der Waals surface area contributed by atoms with Gasteiger partial charge in [0, 0.05) is 24.2 Å². The molecule has 9 nitrogen and oxygen atoms in total. The molecule has 1 heterocycles. The lowest BCUT2D eigenvalue weighted by Crippen LogP contribution is -2.26. The molecule has 0 saturated carbocycles. The van der Waals surface area contributed by atoms with Crippen LogP contribution in [0.25, 0.3) is 10.2 Å². The molecule has 2 atom stereocenters. The standard InChI is InChI=1S/C26H28N6O3S2/c1-35-19-8-9-21-23(15-19)36-26(31-21)22(13-16-4-2-5-17(12-16)25(28)29)32-37(34)20-7-3-6-18(14-20)30-24(33)10-11-27/h2-9,12,14-15,22,32H,10-11,13,27H2,1H3,(H3,28,29)(H,30,33)/t22-,37?/m1/s1. The van der Waals surface area contributed by atoms with E-state index in [1.807, 2.05) is 36.4 Å². The molecule has 0 fully saturated rings. The van der Waals surface area contributed by atoms with Crippen molar-refractivity contribution in [2.24, 2.45) is 11.5 Å². The van der Waals surface area contributed by atoms with E-state index in [2.05, 4.69) is 10.0 Å². The predicted octanol–water partition coefficient (Wildman–Crippen LogP) is 3.47. The summed E-state index contributed by atoms with van der Waals surface area (Å²) >= 11 is 1.50. The topological polar surface area (TPSA) is 156 Å². The van der Waals surface area contributed by atoms with Gasteiger partial charge in [0.25, 0.3) is 0 Å². The van der Waals surface area contributed by atoms with Gasteiger partial charge in [-0.1, -0.05) is 24.3 Å². The van der Waals surface area contributed by atoms with Crippen molar-refractivity contribution in [2.45, 2.75) is 23.8 Å². The first-order chi connectivity index (χ1) is 17.9. The summed E-state index contributed by atoms with van der Waals surface area (Å²) in [7, 11) is 0.00705. The van der Waals surface area contributed by atoms with Crippen LogP contribution in [-0.2, 0) is 22.2 Å². The van der Waals surface area contributed by atoms with Crippen molar-refractivity contribution < 1.29 is 13.7 Å². The van der Waals surface area contributed by atoms with E-state index in [0.717, 1.165) is 26.5 Å². The molecule has 192 valence electrons. The highest BCUT2D eigenvalue weighted by molar-refractivity contribution is 7.83. The summed E-state index contributed by atoms with van der Waals surface area (Å²) in [5, 5.41) is 11.3. The Kier molecular flexibility index (Phi) is 8.62. The lowest BCUT2D eigenvalue weighted by molar-refractivity contribution is -0.116. The van der Waals surface area contributed by atoms with Gasteiger partial charge in [-0.05, 0) is 54.4 Å². The molecule has 4 aromatic rings. The van der Waals surface area contributed by atoms with Gasteiger partial charge in [-0.3, -0.25) is 10.2 Å². The first-order valence-electron chi connectivity index (χ1n) is 11.5. The van der Waals surface area contributed by atoms with E-state index in [1.165, 1.54) is 11.3 Å². The van der Waals surface area contributed by atoms with Crippen LogP contribution in [0, 0.1) is 5.41 Å². The molecule has 37 heavy (non-hydrogen) atoms. The molecular weight excluding hydrogens is 508 g/mol. The number of carbonyl (C=O) groups is 1. The lowest BCUT2D eigenvalue weighted by atomic mass is 10.0. The number of carbonyl (C=O) groups excluding carboxylic acids is 1. The molecule has 0 bridgehead atoms. The molecule has 4 rings (SSSR count). The molecule has 0 aliphatic rings.